The maximum absolute atomic E-state index is 11.2. The van der Waals surface area contributed by atoms with Gasteiger partial charge in [-0.3, -0.25) is 4.79 Å². The summed E-state index contributed by atoms with van der Waals surface area (Å²) in [5.41, 5.74) is 3.35. The zero-order valence-corrected chi connectivity index (χ0v) is 10.1. The predicted octanol–water partition coefficient (Wildman–Crippen LogP) is 2.19. The van der Waals surface area contributed by atoms with Crippen LogP contribution in [0.4, 0.5) is 0 Å². The van der Waals surface area contributed by atoms with E-state index in [9.17, 15) is 4.79 Å². The minimum Gasteiger partial charge on any atom is -0.273 e. The first-order valence-corrected chi connectivity index (χ1v) is 5.55. The molecule has 0 aliphatic rings. The molecule has 1 N–H and O–H groups in total. The number of hydrogen-bond donors (Lipinski definition) is 1. The van der Waals surface area contributed by atoms with E-state index in [4.69, 9.17) is 0 Å². The lowest BCUT2D eigenvalue weighted by Gasteiger charge is -2.00. The quantitative estimate of drug-likeness (QED) is 0.481. The van der Waals surface area contributed by atoms with E-state index >= 15 is 0 Å². The van der Waals surface area contributed by atoms with Crippen molar-refractivity contribution in [1.82, 2.24) is 5.43 Å². The average molecular weight is 228 g/mol. The fourth-order valence-corrected chi connectivity index (χ4v) is 1.19. The highest BCUT2D eigenvalue weighted by Crippen LogP contribution is 1.97. The Morgan fingerprint density at radius 1 is 1.41 bits per heavy atom. The van der Waals surface area contributed by atoms with Crippen molar-refractivity contribution in [2.45, 2.75) is 20.3 Å². The summed E-state index contributed by atoms with van der Waals surface area (Å²) in [7, 11) is 0. The second kappa shape index (κ2) is 7.24. The molecule has 0 spiro atoms. The van der Waals surface area contributed by atoms with Gasteiger partial charge in [0.1, 0.15) is 0 Å². The molecule has 1 rings (SSSR count). The van der Waals surface area contributed by atoms with Crippen LogP contribution in [-0.4, -0.2) is 12.1 Å². The van der Waals surface area contributed by atoms with Gasteiger partial charge >= 0.3 is 0 Å². The van der Waals surface area contributed by atoms with Crippen molar-refractivity contribution >= 4 is 12.1 Å². The molecule has 0 saturated heterocycles. The predicted molar refractivity (Wildman–Crippen MR) is 69.4 cm³/mol. The van der Waals surface area contributed by atoms with Gasteiger partial charge in [-0.1, -0.05) is 38.0 Å². The van der Waals surface area contributed by atoms with Gasteiger partial charge in [0, 0.05) is 12.0 Å². The molecule has 3 nitrogen and oxygen atoms in total. The molecule has 0 fully saturated rings. The first kappa shape index (κ1) is 13.0. The summed E-state index contributed by atoms with van der Waals surface area (Å²) >= 11 is 0. The number of hydrogen-bond acceptors (Lipinski definition) is 2. The number of nitrogens with zero attached hydrogens (tertiary/aromatic N) is 1. The van der Waals surface area contributed by atoms with Crippen LogP contribution < -0.4 is 5.43 Å². The van der Waals surface area contributed by atoms with Crippen molar-refractivity contribution in [2.75, 3.05) is 0 Å². The third kappa shape index (κ3) is 6.16. The maximum atomic E-state index is 11.2. The smallest absolute Gasteiger partial charge is 0.240 e. The van der Waals surface area contributed by atoms with E-state index < -0.39 is 0 Å². The van der Waals surface area contributed by atoms with Crippen LogP contribution >= 0.6 is 0 Å². The molecule has 0 bridgehead atoms. The molecule has 0 aromatic heterocycles. The Kier molecular flexibility index (Phi) is 5.53. The molecule has 0 aliphatic heterocycles. The highest BCUT2D eigenvalue weighted by Gasteiger charge is 2.01. The summed E-state index contributed by atoms with van der Waals surface area (Å²) in [6.45, 7) is 3.97. The summed E-state index contributed by atoms with van der Waals surface area (Å²) < 4.78 is 0. The van der Waals surface area contributed by atoms with Gasteiger partial charge in [0.15, 0.2) is 0 Å². The fourth-order valence-electron chi connectivity index (χ4n) is 1.19. The van der Waals surface area contributed by atoms with Crippen molar-refractivity contribution in [3.05, 3.63) is 35.9 Å². The zero-order valence-electron chi connectivity index (χ0n) is 10.1. The van der Waals surface area contributed by atoms with Crippen molar-refractivity contribution in [3.63, 3.8) is 0 Å². The summed E-state index contributed by atoms with van der Waals surface area (Å²) in [6, 6.07) is 9.61. The molecule has 0 atom stereocenters. The van der Waals surface area contributed by atoms with Crippen LogP contribution in [-0.2, 0) is 4.79 Å². The number of amides is 1. The fraction of sp³-hybridized carbons (Fsp3) is 0.286. The van der Waals surface area contributed by atoms with Gasteiger partial charge in [-0.2, -0.15) is 5.10 Å². The lowest BCUT2D eigenvalue weighted by molar-refractivity contribution is -0.121. The molecule has 0 unspecified atom stereocenters. The second-order valence-corrected chi connectivity index (χ2v) is 4.03. The van der Waals surface area contributed by atoms with Crippen molar-refractivity contribution in [3.8, 4) is 11.8 Å². The molecular weight excluding hydrogens is 212 g/mol. The molecule has 1 amide bonds. The molecule has 0 radical (unpaired) electrons. The summed E-state index contributed by atoms with van der Waals surface area (Å²) in [4.78, 5) is 11.2. The van der Waals surface area contributed by atoms with Crippen LogP contribution in [0.5, 0.6) is 0 Å². The Bertz CT molecular complexity index is 438. The number of carbonyl (C=O) groups is 1. The normalized spacial score (nSPS) is 10.1. The number of benzene rings is 1. The monoisotopic (exact) mass is 228 g/mol. The van der Waals surface area contributed by atoms with Gasteiger partial charge < -0.3 is 0 Å². The van der Waals surface area contributed by atoms with Crippen LogP contribution in [0.2, 0.25) is 0 Å². The third-order valence-electron chi connectivity index (χ3n) is 1.90. The third-order valence-corrected chi connectivity index (χ3v) is 1.90. The minimum absolute atomic E-state index is 0.0854. The molecule has 1 aromatic carbocycles. The van der Waals surface area contributed by atoms with E-state index in [2.05, 4.69) is 22.4 Å². The Balaban J connectivity index is 2.36. The van der Waals surface area contributed by atoms with Crippen LogP contribution in [0.15, 0.2) is 35.4 Å². The minimum atomic E-state index is -0.0854. The number of rotatable bonds is 3. The molecule has 17 heavy (non-hydrogen) atoms. The lowest BCUT2D eigenvalue weighted by Crippen LogP contribution is -2.18. The average Bonchev–Trinajstić information content (AvgIpc) is 2.29. The first-order chi connectivity index (χ1) is 8.18. The Hall–Kier alpha value is -2.08. The van der Waals surface area contributed by atoms with E-state index in [1.54, 1.807) is 0 Å². The highest BCUT2D eigenvalue weighted by molar-refractivity contribution is 5.82. The van der Waals surface area contributed by atoms with Crippen molar-refractivity contribution in [2.24, 2.45) is 11.0 Å². The molecule has 0 heterocycles. The lowest BCUT2D eigenvalue weighted by atomic mass is 10.1. The van der Waals surface area contributed by atoms with Gasteiger partial charge in [0.05, 0.1) is 6.21 Å². The molecule has 0 aliphatic carbocycles. The molecule has 1 aromatic rings. The summed E-state index contributed by atoms with van der Waals surface area (Å²) in [5.74, 6) is 5.91. The maximum Gasteiger partial charge on any atom is 0.240 e. The molecular formula is C14H16N2O. The standard InChI is InChI=1S/C14H16N2O/c1-12(2)11-14(17)16-15-10-6-9-13-7-4-3-5-8-13/h3-5,7-8,10,12H,11H2,1-2H3,(H,16,17). The van der Waals surface area contributed by atoms with E-state index in [1.165, 1.54) is 6.21 Å². The highest BCUT2D eigenvalue weighted by atomic mass is 16.2. The Morgan fingerprint density at radius 3 is 2.76 bits per heavy atom. The van der Waals surface area contributed by atoms with Crippen LogP contribution in [0, 0.1) is 17.8 Å². The summed E-state index contributed by atoms with van der Waals surface area (Å²) in [5, 5.41) is 3.74. The van der Waals surface area contributed by atoms with Crippen LogP contribution in [0.25, 0.3) is 0 Å². The van der Waals surface area contributed by atoms with E-state index in [-0.39, 0.29) is 5.91 Å². The Labute approximate surface area is 102 Å². The molecule has 3 heteroatoms. The largest absolute Gasteiger partial charge is 0.273 e. The number of hydrazone groups is 1. The number of carbonyl (C=O) groups excluding carboxylic acids is 1. The Morgan fingerprint density at radius 2 is 2.12 bits per heavy atom. The molecule has 88 valence electrons. The van der Waals surface area contributed by atoms with Crippen molar-refractivity contribution < 1.29 is 4.79 Å². The van der Waals surface area contributed by atoms with E-state index in [0.717, 1.165) is 5.56 Å². The van der Waals surface area contributed by atoms with Crippen LogP contribution in [0.3, 0.4) is 0 Å². The second-order valence-electron chi connectivity index (χ2n) is 4.03. The van der Waals surface area contributed by atoms with Crippen molar-refractivity contribution in [1.29, 1.82) is 0 Å². The van der Waals surface area contributed by atoms with Gasteiger partial charge in [0.25, 0.3) is 0 Å². The molecule has 0 saturated carbocycles. The first-order valence-electron chi connectivity index (χ1n) is 5.55. The van der Waals surface area contributed by atoms with Gasteiger partial charge in [-0.25, -0.2) is 5.43 Å². The topological polar surface area (TPSA) is 41.5 Å². The summed E-state index contributed by atoms with van der Waals surface area (Å²) in [6.07, 6.45) is 1.87. The van der Waals surface area contributed by atoms with Gasteiger partial charge in [-0.05, 0) is 24.0 Å². The zero-order chi connectivity index (χ0) is 12.5. The van der Waals surface area contributed by atoms with E-state index in [0.29, 0.717) is 12.3 Å². The van der Waals surface area contributed by atoms with Gasteiger partial charge in [-0.15, -0.1) is 0 Å². The van der Waals surface area contributed by atoms with E-state index in [1.807, 2.05) is 44.2 Å². The SMILES string of the molecule is CC(C)CC(=O)NN=CC#Cc1ccccc1. The number of nitrogens with one attached hydrogen (secondary N) is 1. The van der Waals surface area contributed by atoms with Gasteiger partial charge in [0.2, 0.25) is 5.91 Å². The van der Waals surface area contributed by atoms with Crippen LogP contribution in [0.1, 0.15) is 25.8 Å².